The van der Waals surface area contributed by atoms with E-state index in [-0.39, 0.29) is 30.9 Å². The maximum Gasteiger partial charge on any atom is 0.305 e. The van der Waals surface area contributed by atoms with Crippen molar-refractivity contribution < 1.29 is 28.5 Å². The molecule has 1 rings (SSSR count). The Kier molecular flexibility index (Phi) is 26.0. The minimum absolute atomic E-state index is 0.176. The molecule has 0 radical (unpaired) electrons. The highest BCUT2D eigenvalue weighted by Crippen LogP contribution is 2.29. The van der Waals surface area contributed by atoms with Crippen LogP contribution in [0.2, 0.25) is 0 Å². The van der Waals surface area contributed by atoms with Gasteiger partial charge in [-0.3, -0.25) is 4.79 Å². The number of hydrogen-bond acceptors (Lipinski definition) is 7. The third-order valence-electron chi connectivity index (χ3n) is 8.06. The van der Waals surface area contributed by atoms with E-state index in [4.69, 9.17) is 23.7 Å². The normalized spacial score (nSPS) is 20.5. The second kappa shape index (κ2) is 27.8. The summed E-state index contributed by atoms with van der Waals surface area (Å²) in [6.45, 7) is 9.76. The standard InChI is InChI=1S/C35H69NO6/c1-6-9-12-15-18-21-27-38-33-31(30-41-32(37)25-24-26-36(4)5)42-35(40-29-23-20-17-14-11-8-3)34(33)39-28-22-19-16-13-10-7-2/h31,33-35H,6-30H2,1-5H3/t31-,33?,34+,35-/m1/s1. The van der Waals surface area contributed by atoms with Gasteiger partial charge in [-0.15, -0.1) is 0 Å². The fourth-order valence-electron chi connectivity index (χ4n) is 5.41. The Morgan fingerprint density at radius 3 is 1.55 bits per heavy atom. The van der Waals surface area contributed by atoms with E-state index in [1.54, 1.807) is 0 Å². The van der Waals surface area contributed by atoms with E-state index in [9.17, 15) is 4.79 Å². The largest absolute Gasteiger partial charge is 0.463 e. The number of nitrogens with zero attached hydrogens (tertiary/aromatic N) is 1. The fourth-order valence-corrected chi connectivity index (χ4v) is 5.41. The Balaban J connectivity index is 2.74. The van der Waals surface area contributed by atoms with Crippen molar-refractivity contribution in [1.29, 1.82) is 0 Å². The SMILES string of the molecule is CCCCCCCCOC1[C@@H](COC(=O)CCCN(C)C)O[C@@H](OCCCCCCCC)[C@H]1OCCCCCCCC. The number of rotatable bonds is 30. The highest BCUT2D eigenvalue weighted by atomic mass is 16.7. The number of esters is 1. The van der Waals surface area contributed by atoms with Crippen LogP contribution in [0, 0.1) is 0 Å². The average molecular weight is 600 g/mol. The van der Waals surface area contributed by atoms with Crippen LogP contribution in [-0.4, -0.2) is 82.5 Å². The van der Waals surface area contributed by atoms with E-state index in [1.165, 1.54) is 96.3 Å². The summed E-state index contributed by atoms with van der Waals surface area (Å²) >= 11 is 0. The molecule has 250 valence electrons. The van der Waals surface area contributed by atoms with Crippen molar-refractivity contribution in [3.8, 4) is 0 Å². The summed E-state index contributed by atoms with van der Waals surface area (Å²) in [5, 5.41) is 0. The Morgan fingerprint density at radius 1 is 0.595 bits per heavy atom. The molecule has 1 saturated heterocycles. The molecule has 1 unspecified atom stereocenters. The van der Waals surface area contributed by atoms with Gasteiger partial charge < -0.3 is 28.6 Å². The molecule has 7 heteroatoms. The van der Waals surface area contributed by atoms with Crippen LogP contribution in [0.3, 0.4) is 0 Å². The van der Waals surface area contributed by atoms with Crippen LogP contribution in [0.25, 0.3) is 0 Å². The molecule has 0 saturated carbocycles. The fraction of sp³-hybridized carbons (Fsp3) is 0.971. The Bertz CT molecular complexity index is 604. The molecule has 1 aliphatic heterocycles. The van der Waals surface area contributed by atoms with E-state index >= 15 is 0 Å². The lowest BCUT2D eigenvalue weighted by Crippen LogP contribution is -2.40. The first-order chi connectivity index (χ1) is 20.5. The van der Waals surface area contributed by atoms with E-state index in [1.807, 2.05) is 14.1 Å². The molecular formula is C35H69NO6. The molecule has 1 heterocycles. The molecule has 0 aromatic carbocycles. The molecule has 0 aliphatic carbocycles. The predicted molar refractivity (Wildman–Crippen MR) is 173 cm³/mol. The molecule has 4 atom stereocenters. The van der Waals surface area contributed by atoms with Gasteiger partial charge in [0.1, 0.15) is 24.9 Å². The average Bonchev–Trinajstić information content (AvgIpc) is 3.30. The second-order valence-corrected chi connectivity index (χ2v) is 12.5. The minimum Gasteiger partial charge on any atom is -0.463 e. The highest BCUT2D eigenvalue weighted by molar-refractivity contribution is 5.69. The molecule has 0 aromatic heterocycles. The van der Waals surface area contributed by atoms with Crippen molar-refractivity contribution in [2.75, 3.05) is 47.1 Å². The van der Waals surface area contributed by atoms with Crippen LogP contribution in [0.15, 0.2) is 0 Å². The Labute approximate surface area is 260 Å². The highest BCUT2D eigenvalue weighted by Gasteiger charge is 2.47. The van der Waals surface area contributed by atoms with Crippen LogP contribution in [-0.2, 0) is 28.5 Å². The first-order valence-corrected chi connectivity index (χ1v) is 17.8. The topological polar surface area (TPSA) is 66.5 Å². The molecule has 0 aromatic rings. The molecule has 0 bridgehead atoms. The summed E-state index contributed by atoms with van der Waals surface area (Å²) in [5.41, 5.74) is 0. The van der Waals surface area contributed by atoms with Gasteiger partial charge in [0, 0.05) is 26.2 Å². The smallest absolute Gasteiger partial charge is 0.305 e. The van der Waals surface area contributed by atoms with Crippen molar-refractivity contribution in [3.05, 3.63) is 0 Å². The summed E-state index contributed by atoms with van der Waals surface area (Å²) in [5.74, 6) is -0.184. The number of carbonyl (C=O) groups is 1. The van der Waals surface area contributed by atoms with E-state index < -0.39 is 6.29 Å². The Morgan fingerprint density at radius 2 is 1.05 bits per heavy atom. The van der Waals surface area contributed by atoms with Crippen LogP contribution in [0.5, 0.6) is 0 Å². The lowest BCUT2D eigenvalue weighted by molar-refractivity contribution is -0.184. The van der Waals surface area contributed by atoms with Gasteiger partial charge in [-0.2, -0.15) is 0 Å². The van der Waals surface area contributed by atoms with Crippen LogP contribution in [0.1, 0.15) is 149 Å². The van der Waals surface area contributed by atoms with E-state index in [2.05, 4.69) is 25.7 Å². The van der Waals surface area contributed by atoms with Crippen LogP contribution in [0.4, 0.5) is 0 Å². The zero-order valence-electron chi connectivity index (χ0n) is 28.4. The first-order valence-electron chi connectivity index (χ1n) is 17.8. The molecule has 0 spiro atoms. The number of ether oxygens (including phenoxy) is 5. The molecule has 0 N–H and O–H groups in total. The van der Waals surface area contributed by atoms with Crippen molar-refractivity contribution in [3.63, 3.8) is 0 Å². The van der Waals surface area contributed by atoms with Gasteiger partial charge in [-0.1, -0.05) is 117 Å². The van der Waals surface area contributed by atoms with Crippen LogP contribution >= 0.6 is 0 Å². The van der Waals surface area contributed by atoms with Gasteiger partial charge in [-0.25, -0.2) is 0 Å². The molecular weight excluding hydrogens is 530 g/mol. The molecule has 0 amide bonds. The summed E-state index contributed by atoms with van der Waals surface area (Å²) in [4.78, 5) is 14.6. The zero-order chi connectivity index (χ0) is 30.7. The number of carbonyl (C=O) groups excluding carboxylic acids is 1. The number of hydrogen-bond donors (Lipinski definition) is 0. The van der Waals surface area contributed by atoms with Crippen molar-refractivity contribution >= 4 is 5.97 Å². The van der Waals surface area contributed by atoms with Gasteiger partial charge in [0.15, 0.2) is 6.29 Å². The number of unbranched alkanes of at least 4 members (excludes halogenated alkanes) is 15. The Hall–Kier alpha value is -0.730. The van der Waals surface area contributed by atoms with Crippen LogP contribution < -0.4 is 0 Å². The maximum atomic E-state index is 12.5. The molecule has 1 aliphatic rings. The molecule has 7 nitrogen and oxygen atoms in total. The van der Waals surface area contributed by atoms with Crippen molar-refractivity contribution in [2.24, 2.45) is 0 Å². The first kappa shape index (κ1) is 39.3. The maximum absolute atomic E-state index is 12.5. The van der Waals surface area contributed by atoms with Gasteiger partial charge >= 0.3 is 5.97 Å². The lowest BCUT2D eigenvalue weighted by Gasteiger charge is -2.25. The summed E-state index contributed by atoms with van der Waals surface area (Å²) in [6.07, 6.45) is 21.5. The lowest BCUT2D eigenvalue weighted by atomic mass is 10.1. The monoisotopic (exact) mass is 600 g/mol. The third-order valence-corrected chi connectivity index (χ3v) is 8.06. The van der Waals surface area contributed by atoms with Gasteiger partial charge in [0.05, 0.1) is 0 Å². The summed E-state index contributed by atoms with van der Waals surface area (Å²) < 4.78 is 31.3. The molecule has 1 fully saturated rings. The van der Waals surface area contributed by atoms with E-state index in [0.29, 0.717) is 26.2 Å². The predicted octanol–water partition coefficient (Wildman–Crippen LogP) is 8.46. The van der Waals surface area contributed by atoms with Gasteiger partial charge in [0.25, 0.3) is 0 Å². The third kappa shape index (κ3) is 20.3. The zero-order valence-corrected chi connectivity index (χ0v) is 28.4. The van der Waals surface area contributed by atoms with Gasteiger partial charge in [-0.05, 0) is 46.3 Å². The van der Waals surface area contributed by atoms with E-state index in [0.717, 1.165) is 32.2 Å². The second-order valence-electron chi connectivity index (χ2n) is 12.5. The van der Waals surface area contributed by atoms with Crippen molar-refractivity contribution in [1.82, 2.24) is 4.90 Å². The summed E-state index contributed by atoms with van der Waals surface area (Å²) in [7, 11) is 4.03. The molecule has 42 heavy (non-hydrogen) atoms. The minimum atomic E-state index is -0.493. The van der Waals surface area contributed by atoms with Gasteiger partial charge in [0.2, 0.25) is 0 Å². The quantitative estimate of drug-likeness (QED) is 0.0606. The van der Waals surface area contributed by atoms with Crippen molar-refractivity contribution in [2.45, 2.75) is 174 Å². The summed E-state index contributed by atoms with van der Waals surface area (Å²) in [6, 6.07) is 0.